The van der Waals surface area contributed by atoms with E-state index in [1.807, 2.05) is 48.5 Å². The highest BCUT2D eigenvalue weighted by molar-refractivity contribution is 6.03. The van der Waals surface area contributed by atoms with Gasteiger partial charge in [-0.05, 0) is 42.3 Å². The first kappa shape index (κ1) is 17.1. The molecule has 0 aliphatic carbocycles. The maximum absolute atomic E-state index is 12.7. The molecular formula is C21H20N2O4. The van der Waals surface area contributed by atoms with E-state index in [1.54, 1.807) is 18.0 Å². The fourth-order valence-electron chi connectivity index (χ4n) is 3.34. The van der Waals surface area contributed by atoms with Gasteiger partial charge in [-0.3, -0.25) is 9.59 Å². The number of ether oxygens (including phenoxy) is 2. The van der Waals surface area contributed by atoms with Crippen LogP contribution >= 0.6 is 0 Å². The smallest absolute Gasteiger partial charge is 0.249 e. The summed E-state index contributed by atoms with van der Waals surface area (Å²) in [6.45, 7) is 0.822. The Morgan fingerprint density at radius 2 is 1.93 bits per heavy atom. The summed E-state index contributed by atoms with van der Waals surface area (Å²) in [4.78, 5) is 28.5. The average Bonchev–Trinajstić information content (AvgIpc) is 3.32. The largest absolute Gasteiger partial charge is 0.454 e. The predicted octanol–water partition coefficient (Wildman–Crippen LogP) is 2.69. The molecule has 1 fully saturated rings. The minimum atomic E-state index is -0.445. The molecule has 0 spiro atoms. The molecule has 0 aromatic heterocycles. The quantitative estimate of drug-likeness (QED) is 0.783. The Morgan fingerprint density at radius 3 is 2.74 bits per heavy atom. The molecular weight excluding hydrogens is 344 g/mol. The summed E-state index contributed by atoms with van der Waals surface area (Å²) in [6.07, 6.45) is 3.82. The van der Waals surface area contributed by atoms with E-state index in [2.05, 4.69) is 0 Å². The monoisotopic (exact) mass is 364 g/mol. The minimum absolute atomic E-state index is 0.0477. The molecule has 2 aromatic carbocycles. The Bertz CT molecular complexity index is 894. The van der Waals surface area contributed by atoms with Crippen molar-refractivity contribution in [3.8, 4) is 11.5 Å². The highest BCUT2D eigenvalue weighted by Gasteiger charge is 2.36. The third-order valence-electron chi connectivity index (χ3n) is 4.88. The van der Waals surface area contributed by atoms with Crippen molar-refractivity contribution in [3.05, 3.63) is 60.2 Å². The first-order chi connectivity index (χ1) is 13.1. The van der Waals surface area contributed by atoms with Gasteiger partial charge >= 0.3 is 0 Å². The van der Waals surface area contributed by atoms with Gasteiger partial charge in [0.1, 0.15) is 6.04 Å². The molecule has 4 rings (SSSR count). The van der Waals surface area contributed by atoms with Crippen molar-refractivity contribution >= 4 is 23.6 Å². The van der Waals surface area contributed by atoms with Gasteiger partial charge in [0.2, 0.25) is 18.6 Å². The molecule has 6 heteroatoms. The van der Waals surface area contributed by atoms with E-state index < -0.39 is 6.04 Å². The number of amides is 2. The number of carbonyl (C=O) groups excluding carboxylic acids is 2. The second-order valence-corrected chi connectivity index (χ2v) is 6.53. The Hall–Kier alpha value is -3.28. The van der Waals surface area contributed by atoms with E-state index in [0.29, 0.717) is 24.5 Å². The normalized spacial score (nSPS) is 18.3. The molecule has 0 saturated carbocycles. The molecule has 0 bridgehead atoms. The summed E-state index contributed by atoms with van der Waals surface area (Å²) in [6, 6.07) is 14.6. The van der Waals surface area contributed by atoms with Gasteiger partial charge in [-0.2, -0.15) is 0 Å². The molecule has 2 aliphatic heterocycles. The van der Waals surface area contributed by atoms with Crippen LogP contribution in [0.4, 0.5) is 5.69 Å². The molecule has 27 heavy (non-hydrogen) atoms. The maximum Gasteiger partial charge on any atom is 0.249 e. The highest BCUT2D eigenvalue weighted by atomic mass is 16.7. The van der Waals surface area contributed by atoms with Crippen LogP contribution in [0.2, 0.25) is 0 Å². The Balaban J connectivity index is 1.42. The van der Waals surface area contributed by atoms with Crippen LogP contribution in [0.15, 0.2) is 54.6 Å². The van der Waals surface area contributed by atoms with Crippen LogP contribution in [0.25, 0.3) is 6.08 Å². The molecule has 1 saturated heterocycles. The maximum atomic E-state index is 12.7. The van der Waals surface area contributed by atoms with Crippen molar-refractivity contribution in [3.63, 3.8) is 0 Å². The summed E-state index contributed by atoms with van der Waals surface area (Å²) in [5.74, 6) is 1.12. The number of nitrogens with zero attached hydrogens (tertiary/aromatic N) is 2. The van der Waals surface area contributed by atoms with Crippen molar-refractivity contribution in [1.82, 2.24) is 4.90 Å². The van der Waals surface area contributed by atoms with Crippen LogP contribution in [0, 0.1) is 0 Å². The number of carbonyl (C=O) groups is 2. The first-order valence-electron chi connectivity index (χ1n) is 8.84. The van der Waals surface area contributed by atoms with Crippen LogP contribution in [0.5, 0.6) is 11.5 Å². The summed E-state index contributed by atoms with van der Waals surface area (Å²) in [5.41, 5.74) is 1.70. The molecule has 0 N–H and O–H groups in total. The van der Waals surface area contributed by atoms with Gasteiger partial charge in [-0.25, -0.2) is 0 Å². The summed E-state index contributed by atoms with van der Waals surface area (Å²) >= 11 is 0. The number of fused-ring (bicyclic) bond motifs is 1. The third-order valence-corrected chi connectivity index (χ3v) is 4.88. The zero-order valence-corrected chi connectivity index (χ0v) is 15.0. The Kier molecular flexibility index (Phi) is 4.54. The molecule has 0 radical (unpaired) electrons. The van der Waals surface area contributed by atoms with E-state index >= 15 is 0 Å². The first-order valence-corrected chi connectivity index (χ1v) is 8.84. The lowest BCUT2D eigenvalue weighted by Gasteiger charge is -2.23. The lowest BCUT2D eigenvalue weighted by molar-refractivity contribution is -0.132. The number of rotatable bonds is 4. The van der Waals surface area contributed by atoms with E-state index in [9.17, 15) is 9.59 Å². The number of hydrogen-bond donors (Lipinski definition) is 0. The lowest BCUT2D eigenvalue weighted by atomic mass is 10.1. The number of para-hydroxylation sites is 1. The molecule has 6 nitrogen and oxygen atoms in total. The fraction of sp³-hybridized carbons (Fsp3) is 0.238. The van der Waals surface area contributed by atoms with Crippen molar-refractivity contribution in [2.24, 2.45) is 0 Å². The van der Waals surface area contributed by atoms with E-state index in [4.69, 9.17) is 9.47 Å². The molecule has 138 valence electrons. The van der Waals surface area contributed by atoms with E-state index in [0.717, 1.165) is 11.3 Å². The van der Waals surface area contributed by atoms with Gasteiger partial charge in [-0.1, -0.05) is 24.3 Å². The van der Waals surface area contributed by atoms with Crippen LogP contribution in [-0.2, 0) is 9.59 Å². The number of hydrogen-bond acceptors (Lipinski definition) is 4. The minimum Gasteiger partial charge on any atom is -0.454 e. The summed E-state index contributed by atoms with van der Waals surface area (Å²) in [5, 5.41) is 0. The van der Waals surface area contributed by atoms with Gasteiger partial charge < -0.3 is 19.3 Å². The van der Waals surface area contributed by atoms with Crippen molar-refractivity contribution in [1.29, 1.82) is 0 Å². The van der Waals surface area contributed by atoms with E-state index in [-0.39, 0.29) is 18.6 Å². The zero-order chi connectivity index (χ0) is 18.8. The van der Waals surface area contributed by atoms with Crippen LogP contribution in [0.3, 0.4) is 0 Å². The summed E-state index contributed by atoms with van der Waals surface area (Å²) < 4.78 is 10.6. The summed E-state index contributed by atoms with van der Waals surface area (Å²) in [7, 11) is 1.67. The number of likely N-dealkylation sites (N-methyl/N-ethyl adjacent to an activating group) is 1. The van der Waals surface area contributed by atoms with Gasteiger partial charge in [-0.15, -0.1) is 0 Å². The third kappa shape index (κ3) is 3.38. The molecule has 2 heterocycles. The highest BCUT2D eigenvalue weighted by Crippen LogP contribution is 2.32. The number of anilines is 1. The SMILES string of the molecule is CN(C(=O)/C=C/c1ccc2c(c1)OCO2)C1CCN(c2ccccc2)C1=O. The average molecular weight is 364 g/mol. The van der Waals surface area contributed by atoms with Crippen LogP contribution in [0.1, 0.15) is 12.0 Å². The number of benzene rings is 2. The molecule has 2 aromatic rings. The Morgan fingerprint density at radius 1 is 1.15 bits per heavy atom. The van der Waals surface area contributed by atoms with Gasteiger partial charge in [0, 0.05) is 25.4 Å². The second-order valence-electron chi connectivity index (χ2n) is 6.53. The topological polar surface area (TPSA) is 59.1 Å². The van der Waals surface area contributed by atoms with E-state index in [1.165, 1.54) is 11.0 Å². The van der Waals surface area contributed by atoms with Crippen molar-refractivity contribution in [2.75, 3.05) is 25.3 Å². The van der Waals surface area contributed by atoms with Crippen molar-refractivity contribution in [2.45, 2.75) is 12.5 Å². The predicted molar refractivity (Wildman–Crippen MR) is 102 cm³/mol. The zero-order valence-electron chi connectivity index (χ0n) is 15.0. The van der Waals surface area contributed by atoms with Gasteiger partial charge in [0.05, 0.1) is 0 Å². The van der Waals surface area contributed by atoms with Crippen LogP contribution in [-0.4, -0.2) is 43.1 Å². The Labute approximate surface area is 157 Å². The molecule has 2 amide bonds. The fourth-order valence-corrected chi connectivity index (χ4v) is 3.34. The lowest BCUT2D eigenvalue weighted by Crippen LogP contribution is -2.42. The molecule has 1 atom stereocenters. The van der Waals surface area contributed by atoms with Crippen molar-refractivity contribution < 1.29 is 19.1 Å². The molecule has 1 unspecified atom stereocenters. The second kappa shape index (κ2) is 7.15. The van der Waals surface area contributed by atoms with Gasteiger partial charge in [0.15, 0.2) is 11.5 Å². The molecule has 2 aliphatic rings. The van der Waals surface area contributed by atoms with Gasteiger partial charge in [0.25, 0.3) is 0 Å². The standard InChI is InChI=1S/C21H20N2O4/c1-22(17-11-12-23(21(17)25)16-5-3-2-4-6-16)20(24)10-8-15-7-9-18-19(13-15)27-14-26-18/h2-10,13,17H,11-12,14H2,1H3/b10-8+. The van der Waals surface area contributed by atoms with Crippen LogP contribution < -0.4 is 14.4 Å².